The Morgan fingerprint density at radius 3 is 2.65 bits per heavy atom. The molecule has 2 rings (SSSR count). The number of ether oxygens (including phenoxy) is 2. The molecule has 0 N–H and O–H groups in total. The molecule has 6 heteroatoms. The van der Waals surface area contributed by atoms with Crippen LogP contribution in [0.2, 0.25) is 0 Å². The SMILES string of the molecule is CCCOc1c(CN(C)Cc2nncn2C)cccc1OCC. The lowest BCUT2D eigenvalue weighted by molar-refractivity contribution is 0.261. The summed E-state index contributed by atoms with van der Waals surface area (Å²) in [5, 5.41) is 8.05. The maximum Gasteiger partial charge on any atom is 0.165 e. The molecule has 1 aromatic carbocycles. The lowest BCUT2D eigenvalue weighted by Gasteiger charge is -2.20. The maximum absolute atomic E-state index is 5.94. The second kappa shape index (κ2) is 8.53. The highest BCUT2D eigenvalue weighted by Gasteiger charge is 2.14. The largest absolute Gasteiger partial charge is 0.490 e. The van der Waals surface area contributed by atoms with Crippen molar-refractivity contribution < 1.29 is 9.47 Å². The first-order valence-electron chi connectivity index (χ1n) is 8.04. The lowest BCUT2D eigenvalue weighted by atomic mass is 10.1. The quantitative estimate of drug-likeness (QED) is 0.711. The van der Waals surface area contributed by atoms with Crippen LogP contribution in [0.5, 0.6) is 11.5 Å². The topological polar surface area (TPSA) is 52.4 Å². The van der Waals surface area contributed by atoms with Gasteiger partial charge < -0.3 is 14.0 Å². The second-order valence-corrected chi connectivity index (χ2v) is 5.56. The number of aryl methyl sites for hydroxylation is 1. The van der Waals surface area contributed by atoms with Crippen LogP contribution in [0.3, 0.4) is 0 Å². The van der Waals surface area contributed by atoms with Crippen molar-refractivity contribution in [1.82, 2.24) is 19.7 Å². The van der Waals surface area contributed by atoms with Crippen molar-refractivity contribution in [3.05, 3.63) is 35.9 Å². The molecule has 1 heterocycles. The third kappa shape index (κ3) is 4.69. The van der Waals surface area contributed by atoms with E-state index in [0.29, 0.717) is 13.2 Å². The average Bonchev–Trinajstić information content (AvgIpc) is 2.92. The summed E-state index contributed by atoms with van der Waals surface area (Å²) in [6, 6.07) is 6.05. The van der Waals surface area contributed by atoms with Crippen LogP contribution in [0, 0.1) is 0 Å². The number of benzene rings is 1. The zero-order chi connectivity index (χ0) is 16.7. The smallest absolute Gasteiger partial charge is 0.165 e. The minimum Gasteiger partial charge on any atom is -0.490 e. The van der Waals surface area contributed by atoms with Gasteiger partial charge in [0.05, 0.1) is 19.8 Å². The molecule has 126 valence electrons. The van der Waals surface area contributed by atoms with Crippen LogP contribution in [-0.4, -0.2) is 39.9 Å². The van der Waals surface area contributed by atoms with Crippen LogP contribution < -0.4 is 9.47 Å². The monoisotopic (exact) mass is 318 g/mol. The van der Waals surface area contributed by atoms with E-state index in [9.17, 15) is 0 Å². The van der Waals surface area contributed by atoms with Crippen molar-refractivity contribution in [2.45, 2.75) is 33.4 Å². The fourth-order valence-corrected chi connectivity index (χ4v) is 2.36. The van der Waals surface area contributed by atoms with Gasteiger partial charge in [0.2, 0.25) is 0 Å². The number of hydrogen-bond acceptors (Lipinski definition) is 5. The van der Waals surface area contributed by atoms with E-state index in [1.165, 1.54) is 0 Å². The second-order valence-electron chi connectivity index (χ2n) is 5.56. The summed E-state index contributed by atoms with van der Waals surface area (Å²) in [5.41, 5.74) is 1.12. The van der Waals surface area contributed by atoms with Crippen molar-refractivity contribution >= 4 is 0 Å². The number of aromatic nitrogens is 3. The number of hydrogen-bond donors (Lipinski definition) is 0. The molecule has 0 saturated heterocycles. The number of para-hydroxylation sites is 1. The van der Waals surface area contributed by atoms with E-state index in [1.807, 2.05) is 30.7 Å². The normalized spacial score (nSPS) is 11.0. The van der Waals surface area contributed by atoms with Gasteiger partial charge in [0.1, 0.15) is 12.2 Å². The van der Waals surface area contributed by atoms with Crippen LogP contribution >= 0.6 is 0 Å². The Kier molecular flexibility index (Phi) is 6.40. The summed E-state index contributed by atoms with van der Waals surface area (Å²) >= 11 is 0. The van der Waals surface area contributed by atoms with Gasteiger partial charge in [-0.1, -0.05) is 19.1 Å². The molecule has 0 atom stereocenters. The Morgan fingerprint density at radius 1 is 1.17 bits per heavy atom. The van der Waals surface area contributed by atoms with Gasteiger partial charge in [-0.3, -0.25) is 4.90 Å². The van der Waals surface area contributed by atoms with Gasteiger partial charge in [-0.25, -0.2) is 0 Å². The standard InChI is InChI=1S/C17H26N4O2/c1-5-10-23-17-14(8-7-9-15(17)22-6-2)11-20(3)12-16-19-18-13-21(16)4/h7-9,13H,5-6,10-12H2,1-4H3. The molecule has 0 unspecified atom stereocenters. The number of nitrogens with zero attached hydrogens (tertiary/aromatic N) is 4. The Balaban J connectivity index is 2.13. The number of rotatable bonds is 9. The van der Waals surface area contributed by atoms with Gasteiger partial charge in [0.25, 0.3) is 0 Å². The summed E-state index contributed by atoms with van der Waals surface area (Å²) < 4.78 is 13.6. The van der Waals surface area contributed by atoms with Crippen LogP contribution in [0.25, 0.3) is 0 Å². The molecule has 0 radical (unpaired) electrons. The van der Waals surface area contributed by atoms with E-state index >= 15 is 0 Å². The predicted octanol–water partition coefficient (Wildman–Crippen LogP) is 2.63. The molecular weight excluding hydrogens is 292 g/mol. The average molecular weight is 318 g/mol. The predicted molar refractivity (Wildman–Crippen MR) is 89.6 cm³/mol. The van der Waals surface area contributed by atoms with Crippen molar-refractivity contribution in [1.29, 1.82) is 0 Å². The van der Waals surface area contributed by atoms with E-state index in [2.05, 4.69) is 35.1 Å². The molecule has 0 amide bonds. The summed E-state index contributed by atoms with van der Waals surface area (Å²) in [7, 11) is 4.01. The van der Waals surface area contributed by atoms with Crippen LogP contribution in [0.15, 0.2) is 24.5 Å². The third-order valence-corrected chi connectivity index (χ3v) is 3.47. The zero-order valence-electron chi connectivity index (χ0n) is 14.5. The van der Waals surface area contributed by atoms with Crippen LogP contribution in [0.4, 0.5) is 0 Å². The first-order valence-corrected chi connectivity index (χ1v) is 8.04. The molecule has 0 aliphatic rings. The molecular formula is C17H26N4O2. The van der Waals surface area contributed by atoms with Gasteiger partial charge in [-0.05, 0) is 26.5 Å². The van der Waals surface area contributed by atoms with E-state index in [4.69, 9.17) is 9.47 Å². The van der Waals surface area contributed by atoms with E-state index in [-0.39, 0.29) is 0 Å². The van der Waals surface area contributed by atoms with Crippen LogP contribution in [-0.2, 0) is 20.1 Å². The fourth-order valence-electron chi connectivity index (χ4n) is 2.36. The first-order chi connectivity index (χ1) is 11.2. The molecule has 0 saturated carbocycles. The maximum atomic E-state index is 5.94. The highest BCUT2D eigenvalue weighted by molar-refractivity contribution is 5.46. The van der Waals surface area contributed by atoms with E-state index in [1.54, 1.807) is 6.33 Å². The summed E-state index contributed by atoms with van der Waals surface area (Å²) in [6.07, 6.45) is 2.68. The Bertz CT molecular complexity index is 612. The highest BCUT2D eigenvalue weighted by atomic mass is 16.5. The van der Waals surface area contributed by atoms with Gasteiger partial charge in [0.15, 0.2) is 11.5 Å². The van der Waals surface area contributed by atoms with Crippen molar-refractivity contribution in [3.63, 3.8) is 0 Å². The van der Waals surface area contributed by atoms with Gasteiger partial charge in [0, 0.05) is 19.2 Å². The Morgan fingerprint density at radius 2 is 2.00 bits per heavy atom. The molecule has 23 heavy (non-hydrogen) atoms. The molecule has 0 spiro atoms. The Labute approximate surface area is 138 Å². The van der Waals surface area contributed by atoms with Gasteiger partial charge in [-0.2, -0.15) is 0 Å². The summed E-state index contributed by atoms with van der Waals surface area (Å²) in [4.78, 5) is 2.19. The Hall–Kier alpha value is -2.08. The first kappa shape index (κ1) is 17.3. The van der Waals surface area contributed by atoms with Gasteiger partial charge >= 0.3 is 0 Å². The zero-order valence-corrected chi connectivity index (χ0v) is 14.5. The molecule has 0 aliphatic heterocycles. The third-order valence-electron chi connectivity index (χ3n) is 3.47. The lowest BCUT2D eigenvalue weighted by Crippen LogP contribution is -2.20. The minimum atomic E-state index is 0.626. The molecule has 0 aliphatic carbocycles. The summed E-state index contributed by atoms with van der Waals surface area (Å²) in [5.74, 6) is 2.59. The van der Waals surface area contributed by atoms with Crippen molar-refractivity contribution in [2.75, 3.05) is 20.3 Å². The van der Waals surface area contributed by atoms with E-state index in [0.717, 1.165) is 42.4 Å². The van der Waals surface area contributed by atoms with Crippen molar-refractivity contribution in [2.24, 2.45) is 7.05 Å². The molecule has 0 bridgehead atoms. The molecule has 1 aromatic heterocycles. The molecule has 6 nitrogen and oxygen atoms in total. The molecule has 0 fully saturated rings. The van der Waals surface area contributed by atoms with Crippen molar-refractivity contribution in [3.8, 4) is 11.5 Å². The highest BCUT2D eigenvalue weighted by Crippen LogP contribution is 2.32. The van der Waals surface area contributed by atoms with E-state index < -0.39 is 0 Å². The van der Waals surface area contributed by atoms with Gasteiger partial charge in [-0.15, -0.1) is 10.2 Å². The minimum absolute atomic E-state index is 0.626. The molecule has 2 aromatic rings. The fraction of sp³-hybridized carbons (Fsp3) is 0.529. The van der Waals surface area contributed by atoms with Crippen LogP contribution in [0.1, 0.15) is 31.7 Å². The summed E-state index contributed by atoms with van der Waals surface area (Å²) in [6.45, 7) is 6.87.